The van der Waals surface area contributed by atoms with Gasteiger partial charge in [0.15, 0.2) is 5.11 Å². The van der Waals surface area contributed by atoms with Crippen LogP contribution in [-0.2, 0) is 14.4 Å². The smallest absolute Gasteiger partial charge is 0.328 e. The first-order valence-electron chi connectivity index (χ1n) is 6.93. The lowest BCUT2D eigenvalue weighted by atomic mass is 10.1. The third-order valence-corrected chi connectivity index (χ3v) is 3.49. The highest BCUT2D eigenvalue weighted by atomic mass is 32.1. The summed E-state index contributed by atoms with van der Waals surface area (Å²) in [6.07, 6.45) is 5.45. The first-order valence-corrected chi connectivity index (χ1v) is 7.34. The molecule has 0 spiro atoms. The molecule has 1 aromatic carbocycles. The Bertz CT molecular complexity index is 778. The van der Waals surface area contributed by atoms with Gasteiger partial charge in [-0.15, -0.1) is 6.58 Å². The summed E-state index contributed by atoms with van der Waals surface area (Å²) in [7, 11) is 0. The molecule has 7 heteroatoms. The number of amides is 2. The third kappa shape index (κ3) is 4.02. The summed E-state index contributed by atoms with van der Waals surface area (Å²) in [5.74, 6) is -2.08. The zero-order valence-electron chi connectivity index (χ0n) is 12.6. The number of thiocarbonyl (C=S) groups is 1. The largest absolute Gasteiger partial charge is 0.478 e. The average Bonchev–Trinajstić information content (AvgIpc) is 2.54. The molecular formula is C17H14N2O4S. The van der Waals surface area contributed by atoms with Gasteiger partial charge >= 0.3 is 5.97 Å². The molecule has 0 bridgehead atoms. The summed E-state index contributed by atoms with van der Waals surface area (Å²) >= 11 is 4.97. The average molecular weight is 342 g/mol. The van der Waals surface area contributed by atoms with Crippen LogP contribution >= 0.6 is 12.2 Å². The lowest BCUT2D eigenvalue weighted by Gasteiger charge is -2.27. The molecule has 0 atom stereocenters. The number of aliphatic carboxylic acids is 1. The first-order chi connectivity index (χ1) is 11.4. The summed E-state index contributed by atoms with van der Waals surface area (Å²) in [6.45, 7) is 3.76. The molecule has 1 heterocycles. The summed E-state index contributed by atoms with van der Waals surface area (Å²) in [6, 6.07) is 6.73. The van der Waals surface area contributed by atoms with Crippen molar-refractivity contribution in [3.8, 4) is 0 Å². The van der Waals surface area contributed by atoms with Gasteiger partial charge in [0.25, 0.3) is 11.8 Å². The molecule has 2 N–H and O–H groups in total. The van der Waals surface area contributed by atoms with E-state index in [0.29, 0.717) is 11.1 Å². The molecule has 0 saturated carbocycles. The van der Waals surface area contributed by atoms with Crippen molar-refractivity contribution in [1.29, 1.82) is 0 Å². The lowest BCUT2D eigenvalue weighted by Crippen LogP contribution is -2.53. The van der Waals surface area contributed by atoms with Crippen molar-refractivity contribution < 1.29 is 19.5 Å². The number of benzene rings is 1. The fourth-order valence-corrected chi connectivity index (χ4v) is 2.28. The number of rotatable bonds is 5. The highest BCUT2D eigenvalue weighted by molar-refractivity contribution is 7.80. The second kappa shape index (κ2) is 7.47. The Morgan fingerprint density at radius 1 is 1.25 bits per heavy atom. The number of hydrogen-bond acceptors (Lipinski definition) is 4. The number of nitrogens with zero attached hydrogens (tertiary/aromatic N) is 1. The normalized spacial score (nSPS) is 16.6. The zero-order valence-corrected chi connectivity index (χ0v) is 13.4. The van der Waals surface area contributed by atoms with E-state index in [2.05, 4.69) is 11.9 Å². The third-order valence-electron chi connectivity index (χ3n) is 3.16. The fraction of sp³-hybridized carbons (Fsp3) is 0.0588. The molecule has 0 aromatic heterocycles. The summed E-state index contributed by atoms with van der Waals surface area (Å²) < 4.78 is 0. The maximum absolute atomic E-state index is 12.4. The standard InChI is InChI=1S/C17H14N2O4S/c1-2-9-19-16(23)13(15(22)18-17(19)24)10-12-5-3-11(4-6-12)7-8-14(20)21/h2-8,10H,1,9H2,(H,20,21)(H,18,22,24). The molecular weight excluding hydrogens is 328 g/mol. The molecule has 1 fully saturated rings. The van der Waals surface area contributed by atoms with Gasteiger partial charge in [0.05, 0.1) is 0 Å². The number of hydrogen-bond donors (Lipinski definition) is 2. The van der Waals surface area contributed by atoms with Gasteiger partial charge in [-0.25, -0.2) is 4.79 Å². The zero-order chi connectivity index (χ0) is 17.7. The molecule has 1 saturated heterocycles. The van der Waals surface area contributed by atoms with Crippen LogP contribution in [0, 0.1) is 0 Å². The van der Waals surface area contributed by atoms with Gasteiger partial charge in [-0.2, -0.15) is 0 Å². The van der Waals surface area contributed by atoms with Crippen molar-refractivity contribution in [2.45, 2.75) is 0 Å². The van der Waals surface area contributed by atoms with E-state index in [0.717, 1.165) is 6.08 Å². The maximum Gasteiger partial charge on any atom is 0.328 e. The predicted molar refractivity (Wildman–Crippen MR) is 93.7 cm³/mol. The molecule has 0 radical (unpaired) electrons. The first kappa shape index (κ1) is 17.3. The van der Waals surface area contributed by atoms with Crippen LogP contribution < -0.4 is 5.32 Å². The van der Waals surface area contributed by atoms with E-state index >= 15 is 0 Å². The topological polar surface area (TPSA) is 86.7 Å². The molecule has 1 aromatic rings. The van der Waals surface area contributed by atoms with Gasteiger partial charge in [-0.1, -0.05) is 30.3 Å². The predicted octanol–water partition coefficient (Wildman–Crippen LogP) is 1.60. The monoisotopic (exact) mass is 342 g/mol. The van der Waals surface area contributed by atoms with Crippen molar-refractivity contribution in [2.75, 3.05) is 6.54 Å². The van der Waals surface area contributed by atoms with Crippen LogP contribution in [0.5, 0.6) is 0 Å². The Morgan fingerprint density at radius 2 is 1.88 bits per heavy atom. The molecule has 24 heavy (non-hydrogen) atoms. The quantitative estimate of drug-likeness (QED) is 0.367. The number of carbonyl (C=O) groups is 3. The second-order valence-electron chi connectivity index (χ2n) is 4.86. The van der Waals surface area contributed by atoms with Gasteiger partial charge in [0, 0.05) is 12.6 Å². The molecule has 0 unspecified atom stereocenters. The highest BCUT2D eigenvalue weighted by Gasteiger charge is 2.32. The van der Waals surface area contributed by atoms with Crippen molar-refractivity contribution in [3.05, 3.63) is 59.7 Å². The summed E-state index contributed by atoms with van der Waals surface area (Å²) in [4.78, 5) is 36.1. The molecule has 0 aliphatic carbocycles. The van der Waals surface area contributed by atoms with Gasteiger partial charge < -0.3 is 5.11 Å². The molecule has 122 valence electrons. The van der Waals surface area contributed by atoms with E-state index in [-0.39, 0.29) is 17.2 Å². The minimum atomic E-state index is -1.04. The van der Waals surface area contributed by atoms with Crippen molar-refractivity contribution in [1.82, 2.24) is 10.2 Å². The number of carboxylic acids is 1. The maximum atomic E-state index is 12.4. The second-order valence-corrected chi connectivity index (χ2v) is 5.25. The minimum Gasteiger partial charge on any atom is -0.478 e. The van der Waals surface area contributed by atoms with Crippen LogP contribution in [0.25, 0.3) is 12.2 Å². The van der Waals surface area contributed by atoms with E-state index in [9.17, 15) is 14.4 Å². The van der Waals surface area contributed by atoms with Crippen LogP contribution in [0.4, 0.5) is 0 Å². The fourth-order valence-electron chi connectivity index (χ4n) is 2.03. The Kier molecular flexibility index (Phi) is 5.39. The molecule has 6 nitrogen and oxygen atoms in total. The SMILES string of the molecule is C=CCN1C(=O)C(=Cc2ccc(C=CC(=O)O)cc2)C(=O)NC1=S. The van der Waals surface area contributed by atoms with Gasteiger partial charge in [0.1, 0.15) is 5.57 Å². The van der Waals surface area contributed by atoms with E-state index in [1.807, 2.05) is 0 Å². The molecule has 1 aliphatic rings. The van der Waals surface area contributed by atoms with E-state index in [1.54, 1.807) is 24.3 Å². The number of carbonyl (C=O) groups excluding carboxylic acids is 2. The molecule has 1 aliphatic heterocycles. The summed E-state index contributed by atoms with van der Waals surface area (Å²) in [5.41, 5.74) is 1.29. The van der Waals surface area contributed by atoms with Crippen molar-refractivity contribution in [2.24, 2.45) is 0 Å². The highest BCUT2D eigenvalue weighted by Crippen LogP contribution is 2.15. The Labute approximate surface area is 143 Å². The van der Waals surface area contributed by atoms with Crippen LogP contribution in [0.1, 0.15) is 11.1 Å². The minimum absolute atomic E-state index is 0.0284. The molecule has 2 amide bonds. The van der Waals surface area contributed by atoms with Crippen LogP contribution in [0.3, 0.4) is 0 Å². The van der Waals surface area contributed by atoms with Gasteiger partial charge in [-0.3, -0.25) is 19.8 Å². The Hall–Kier alpha value is -3.06. The summed E-state index contributed by atoms with van der Waals surface area (Å²) in [5, 5.41) is 11.1. The number of nitrogens with one attached hydrogen (secondary N) is 1. The van der Waals surface area contributed by atoms with Crippen LogP contribution in [0.15, 0.2) is 48.6 Å². The van der Waals surface area contributed by atoms with Gasteiger partial charge in [-0.05, 0) is 35.5 Å². The Balaban J connectivity index is 2.27. The Morgan fingerprint density at radius 3 is 2.46 bits per heavy atom. The van der Waals surface area contributed by atoms with Gasteiger partial charge in [0.2, 0.25) is 0 Å². The van der Waals surface area contributed by atoms with E-state index in [1.165, 1.54) is 23.1 Å². The molecule has 2 rings (SSSR count). The van der Waals surface area contributed by atoms with Crippen LogP contribution in [-0.4, -0.2) is 39.4 Å². The number of carboxylic acid groups (broad SMARTS) is 1. The lowest BCUT2D eigenvalue weighted by molar-refractivity contribution is -0.131. The van der Waals surface area contributed by atoms with Crippen LogP contribution in [0.2, 0.25) is 0 Å². The van der Waals surface area contributed by atoms with Crippen molar-refractivity contribution >= 4 is 47.3 Å². The van der Waals surface area contributed by atoms with E-state index in [4.69, 9.17) is 17.3 Å². The van der Waals surface area contributed by atoms with Crippen molar-refractivity contribution in [3.63, 3.8) is 0 Å². The van der Waals surface area contributed by atoms with E-state index < -0.39 is 17.8 Å².